The Balaban J connectivity index is 2.06. The Morgan fingerprint density at radius 1 is 1.21 bits per heavy atom. The number of hydrogen-bond acceptors (Lipinski definition) is 3. The van der Waals surface area contributed by atoms with Gasteiger partial charge in [0.05, 0.1) is 4.92 Å². The third kappa shape index (κ3) is 3.47. The van der Waals surface area contributed by atoms with Gasteiger partial charge in [-0.15, -0.1) is 0 Å². The molecule has 1 fully saturated rings. The molecule has 1 aliphatic rings. The topological polar surface area (TPSA) is 55.2 Å². The number of rotatable bonds is 4. The second-order valence-electron chi connectivity index (χ2n) is 4.87. The maximum Gasteiger partial charge on any atom is 0.305 e. The molecule has 4 nitrogen and oxygen atoms in total. The smallest absolute Gasteiger partial charge is 0.305 e. The fourth-order valence-electron chi connectivity index (χ4n) is 2.42. The summed E-state index contributed by atoms with van der Waals surface area (Å²) in [4.78, 5) is 9.78. The van der Waals surface area contributed by atoms with Crippen molar-refractivity contribution in [1.82, 2.24) is 5.32 Å². The summed E-state index contributed by atoms with van der Waals surface area (Å²) in [6, 6.07) is 1.87. The van der Waals surface area contributed by atoms with Gasteiger partial charge in [-0.25, -0.2) is 4.39 Å². The summed E-state index contributed by atoms with van der Waals surface area (Å²) in [5, 5.41) is 13.8. The fourth-order valence-corrected chi connectivity index (χ4v) is 2.42. The highest BCUT2D eigenvalue weighted by Crippen LogP contribution is 2.22. The number of benzene rings is 1. The predicted octanol–water partition coefficient (Wildman–Crippen LogP) is 3.30. The molecule has 0 heterocycles. The van der Waals surface area contributed by atoms with Crippen LogP contribution in [0.25, 0.3) is 0 Å². The van der Waals surface area contributed by atoms with Crippen molar-refractivity contribution >= 4 is 5.69 Å². The first-order valence-electron chi connectivity index (χ1n) is 6.43. The largest absolute Gasteiger partial charge is 0.310 e. The van der Waals surface area contributed by atoms with Gasteiger partial charge < -0.3 is 5.32 Å². The van der Waals surface area contributed by atoms with Crippen LogP contribution in [-0.4, -0.2) is 11.0 Å². The molecule has 0 atom stereocenters. The Hall–Kier alpha value is -1.56. The summed E-state index contributed by atoms with van der Waals surface area (Å²) >= 11 is 0. The van der Waals surface area contributed by atoms with Gasteiger partial charge in [0.25, 0.3) is 0 Å². The lowest BCUT2D eigenvalue weighted by Crippen LogP contribution is -2.30. The highest BCUT2D eigenvalue weighted by molar-refractivity contribution is 5.37. The quantitative estimate of drug-likeness (QED) is 0.674. The van der Waals surface area contributed by atoms with Gasteiger partial charge in [0.15, 0.2) is 0 Å². The highest BCUT2D eigenvalue weighted by atomic mass is 19.1. The molecule has 0 aromatic heterocycles. The molecule has 19 heavy (non-hydrogen) atoms. The second kappa shape index (κ2) is 6.06. The molecule has 1 saturated carbocycles. The van der Waals surface area contributed by atoms with Crippen LogP contribution in [0.15, 0.2) is 12.1 Å². The van der Waals surface area contributed by atoms with E-state index in [9.17, 15) is 18.9 Å². The summed E-state index contributed by atoms with van der Waals surface area (Å²) < 4.78 is 26.7. The van der Waals surface area contributed by atoms with Gasteiger partial charge in [-0.2, -0.15) is 4.39 Å². The van der Waals surface area contributed by atoms with E-state index in [2.05, 4.69) is 5.32 Å². The van der Waals surface area contributed by atoms with Crippen LogP contribution in [0.3, 0.4) is 0 Å². The maximum atomic E-state index is 13.5. The Bertz CT molecular complexity index is 474. The highest BCUT2D eigenvalue weighted by Gasteiger charge is 2.19. The molecule has 0 aliphatic heterocycles. The first-order chi connectivity index (χ1) is 9.08. The summed E-state index contributed by atoms with van der Waals surface area (Å²) in [7, 11) is 0. The standard InChI is InChI=1S/C13H16F2N2O2/c14-11-7-12(15)13(17(18)19)6-9(11)8-16-10-4-2-1-3-5-10/h6-7,10,16H,1-5,8H2. The van der Waals surface area contributed by atoms with Gasteiger partial charge in [-0.05, 0) is 12.8 Å². The number of hydrogen-bond donors (Lipinski definition) is 1. The molecule has 6 heteroatoms. The monoisotopic (exact) mass is 270 g/mol. The molecular formula is C13H16F2N2O2. The van der Waals surface area contributed by atoms with Crippen LogP contribution in [0, 0.1) is 21.7 Å². The zero-order valence-corrected chi connectivity index (χ0v) is 10.5. The number of nitrogens with one attached hydrogen (secondary N) is 1. The van der Waals surface area contributed by atoms with E-state index in [1.165, 1.54) is 6.42 Å². The SMILES string of the molecule is O=[N+]([O-])c1cc(CNC2CCCCC2)c(F)cc1F. The molecule has 0 saturated heterocycles. The van der Waals surface area contributed by atoms with Crippen LogP contribution in [0.4, 0.5) is 14.5 Å². The van der Waals surface area contributed by atoms with Gasteiger partial charge in [-0.3, -0.25) is 10.1 Å². The lowest BCUT2D eigenvalue weighted by atomic mass is 9.95. The molecule has 2 rings (SSSR count). The molecule has 0 bridgehead atoms. The minimum absolute atomic E-state index is 0.138. The Morgan fingerprint density at radius 2 is 1.89 bits per heavy atom. The van der Waals surface area contributed by atoms with Crippen molar-refractivity contribution in [2.45, 2.75) is 44.7 Å². The Kier molecular flexibility index (Phi) is 4.42. The van der Waals surface area contributed by atoms with Crippen molar-refractivity contribution in [3.05, 3.63) is 39.4 Å². The zero-order valence-electron chi connectivity index (χ0n) is 10.5. The van der Waals surface area contributed by atoms with E-state index in [1.807, 2.05) is 0 Å². The zero-order chi connectivity index (χ0) is 13.8. The lowest BCUT2D eigenvalue weighted by molar-refractivity contribution is -0.387. The van der Waals surface area contributed by atoms with Gasteiger partial charge in [0.1, 0.15) is 5.82 Å². The molecule has 0 spiro atoms. The van der Waals surface area contributed by atoms with E-state index in [0.29, 0.717) is 12.1 Å². The molecule has 0 radical (unpaired) electrons. The van der Waals surface area contributed by atoms with Crippen LogP contribution in [0.1, 0.15) is 37.7 Å². The van der Waals surface area contributed by atoms with Crippen molar-refractivity contribution in [3.8, 4) is 0 Å². The van der Waals surface area contributed by atoms with E-state index in [1.54, 1.807) is 0 Å². The van der Waals surface area contributed by atoms with Crippen LogP contribution in [0.5, 0.6) is 0 Å². The summed E-state index contributed by atoms with van der Waals surface area (Å²) in [6.07, 6.45) is 5.57. The summed E-state index contributed by atoms with van der Waals surface area (Å²) in [5.41, 5.74) is -0.541. The van der Waals surface area contributed by atoms with E-state index in [-0.39, 0.29) is 12.1 Å². The normalized spacial score (nSPS) is 16.5. The van der Waals surface area contributed by atoms with E-state index < -0.39 is 22.2 Å². The predicted molar refractivity (Wildman–Crippen MR) is 66.7 cm³/mol. The van der Waals surface area contributed by atoms with Gasteiger partial charge in [0.2, 0.25) is 5.82 Å². The van der Waals surface area contributed by atoms with Crippen molar-refractivity contribution in [3.63, 3.8) is 0 Å². The third-order valence-corrected chi connectivity index (χ3v) is 3.50. The Morgan fingerprint density at radius 3 is 2.53 bits per heavy atom. The van der Waals surface area contributed by atoms with Gasteiger partial charge >= 0.3 is 5.69 Å². The molecule has 1 aromatic rings. The maximum absolute atomic E-state index is 13.5. The molecule has 1 N–H and O–H groups in total. The molecule has 1 aliphatic carbocycles. The number of nitro benzene ring substituents is 1. The van der Waals surface area contributed by atoms with Crippen molar-refractivity contribution in [1.29, 1.82) is 0 Å². The first kappa shape index (κ1) is 13.9. The molecule has 0 amide bonds. The lowest BCUT2D eigenvalue weighted by Gasteiger charge is -2.22. The van der Waals surface area contributed by atoms with Crippen molar-refractivity contribution in [2.24, 2.45) is 0 Å². The average molecular weight is 270 g/mol. The van der Waals surface area contributed by atoms with Gasteiger partial charge in [0, 0.05) is 30.3 Å². The molecule has 1 aromatic carbocycles. The number of nitro groups is 1. The second-order valence-corrected chi connectivity index (χ2v) is 4.87. The fraction of sp³-hybridized carbons (Fsp3) is 0.538. The molecular weight excluding hydrogens is 254 g/mol. The van der Waals surface area contributed by atoms with Crippen molar-refractivity contribution < 1.29 is 13.7 Å². The van der Waals surface area contributed by atoms with Gasteiger partial charge in [-0.1, -0.05) is 19.3 Å². The molecule has 104 valence electrons. The van der Waals surface area contributed by atoms with Crippen molar-refractivity contribution in [2.75, 3.05) is 0 Å². The number of nitrogens with zero attached hydrogens (tertiary/aromatic N) is 1. The first-order valence-corrected chi connectivity index (χ1v) is 6.43. The van der Waals surface area contributed by atoms with Crippen LogP contribution in [-0.2, 0) is 6.54 Å². The third-order valence-electron chi connectivity index (χ3n) is 3.50. The Labute approximate surface area is 110 Å². The van der Waals surface area contributed by atoms with Crippen LogP contribution >= 0.6 is 0 Å². The minimum Gasteiger partial charge on any atom is -0.310 e. The number of halogens is 2. The van der Waals surface area contributed by atoms with E-state index >= 15 is 0 Å². The molecule has 0 unspecified atom stereocenters. The minimum atomic E-state index is -1.14. The van der Waals surface area contributed by atoms with Crippen LogP contribution < -0.4 is 5.32 Å². The average Bonchev–Trinajstić information content (AvgIpc) is 2.38. The van der Waals surface area contributed by atoms with E-state index in [0.717, 1.165) is 31.7 Å². The summed E-state index contributed by atoms with van der Waals surface area (Å²) in [5.74, 6) is -1.88. The summed E-state index contributed by atoms with van der Waals surface area (Å²) in [6.45, 7) is 0.192. The van der Waals surface area contributed by atoms with Crippen LogP contribution in [0.2, 0.25) is 0 Å². The van der Waals surface area contributed by atoms with E-state index in [4.69, 9.17) is 0 Å².